The van der Waals surface area contributed by atoms with Gasteiger partial charge >= 0.3 is 0 Å². The number of rotatable bonds is 9. The molecule has 1 amide bonds. The lowest BCUT2D eigenvalue weighted by molar-refractivity contribution is -0.117. The lowest BCUT2D eigenvalue weighted by Gasteiger charge is -2.19. The van der Waals surface area contributed by atoms with E-state index in [9.17, 15) is 4.79 Å². The fraction of sp³-hybridized carbons (Fsp3) is 0.562. The van der Waals surface area contributed by atoms with Crippen molar-refractivity contribution in [1.82, 2.24) is 4.90 Å². The van der Waals surface area contributed by atoms with Gasteiger partial charge in [-0.25, -0.2) is 0 Å². The number of benzene rings is 1. The molecule has 0 bridgehead atoms. The average Bonchev–Trinajstić information content (AvgIpc) is 2.45. The van der Waals surface area contributed by atoms with E-state index in [1.165, 1.54) is 5.56 Å². The minimum absolute atomic E-state index is 0.00645. The molecule has 0 heterocycles. The molecule has 0 aliphatic rings. The molecule has 20 heavy (non-hydrogen) atoms. The maximum absolute atomic E-state index is 11.9. The largest absolute Gasteiger partial charge is 0.396 e. The Kier molecular flexibility index (Phi) is 7.92. The van der Waals surface area contributed by atoms with Gasteiger partial charge in [0.2, 0.25) is 5.91 Å². The Balaban J connectivity index is 2.44. The van der Waals surface area contributed by atoms with Gasteiger partial charge in [0.25, 0.3) is 0 Å². The van der Waals surface area contributed by atoms with Gasteiger partial charge in [-0.3, -0.25) is 9.69 Å². The summed E-state index contributed by atoms with van der Waals surface area (Å²) < 4.78 is 0. The number of amides is 1. The van der Waals surface area contributed by atoms with Crippen LogP contribution in [0.4, 0.5) is 5.69 Å². The van der Waals surface area contributed by atoms with E-state index in [0.717, 1.165) is 31.6 Å². The molecular formula is C16H26N2O2. The van der Waals surface area contributed by atoms with E-state index in [2.05, 4.69) is 24.4 Å². The molecule has 0 spiro atoms. The van der Waals surface area contributed by atoms with Crippen molar-refractivity contribution in [3.05, 3.63) is 29.8 Å². The number of nitrogens with one attached hydrogen (secondary N) is 1. The van der Waals surface area contributed by atoms with Crippen molar-refractivity contribution in [1.29, 1.82) is 0 Å². The molecule has 1 aromatic carbocycles. The van der Waals surface area contributed by atoms with Crippen LogP contribution in [-0.4, -0.2) is 42.2 Å². The van der Waals surface area contributed by atoms with Crippen LogP contribution in [0.3, 0.4) is 0 Å². The predicted molar refractivity (Wildman–Crippen MR) is 82.9 cm³/mol. The number of carbonyl (C=O) groups excluding carboxylic acids is 1. The van der Waals surface area contributed by atoms with Crippen LogP contribution < -0.4 is 5.32 Å². The number of aryl methyl sites for hydroxylation is 1. The molecule has 0 radical (unpaired) electrons. The number of likely N-dealkylation sites (N-methyl/N-ethyl adjacent to an activating group) is 1. The first kappa shape index (κ1) is 16.7. The summed E-state index contributed by atoms with van der Waals surface area (Å²) in [6, 6.07) is 8.02. The van der Waals surface area contributed by atoms with E-state index in [1.807, 2.05) is 24.0 Å². The minimum atomic E-state index is -0.00645. The molecule has 0 saturated heterocycles. The Morgan fingerprint density at radius 3 is 2.50 bits per heavy atom. The highest BCUT2D eigenvalue weighted by atomic mass is 16.3. The van der Waals surface area contributed by atoms with E-state index in [-0.39, 0.29) is 12.5 Å². The lowest BCUT2D eigenvalue weighted by atomic mass is 10.1. The molecule has 0 unspecified atom stereocenters. The van der Waals surface area contributed by atoms with Gasteiger partial charge in [0.1, 0.15) is 0 Å². The highest BCUT2D eigenvalue weighted by Crippen LogP contribution is 2.11. The van der Waals surface area contributed by atoms with Crippen LogP contribution in [0.1, 0.15) is 32.3 Å². The van der Waals surface area contributed by atoms with Crippen LogP contribution in [0.2, 0.25) is 0 Å². The van der Waals surface area contributed by atoms with Gasteiger partial charge in [-0.1, -0.05) is 32.4 Å². The van der Waals surface area contributed by atoms with Gasteiger partial charge in [0.15, 0.2) is 0 Å². The second-order valence-corrected chi connectivity index (χ2v) is 4.94. The van der Waals surface area contributed by atoms with Crippen molar-refractivity contribution in [3.8, 4) is 0 Å². The first-order valence-electron chi connectivity index (χ1n) is 7.41. The second-order valence-electron chi connectivity index (χ2n) is 4.94. The van der Waals surface area contributed by atoms with Gasteiger partial charge in [-0.2, -0.15) is 0 Å². The Hall–Kier alpha value is -1.39. The Bertz CT molecular complexity index is 390. The van der Waals surface area contributed by atoms with Gasteiger partial charge in [-0.15, -0.1) is 0 Å². The highest BCUT2D eigenvalue weighted by molar-refractivity contribution is 5.92. The topological polar surface area (TPSA) is 52.6 Å². The molecule has 112 valence electrons. The maximum Gasteiger partial charge on any atom is 0.238 e. The quantitative estimate of drug-likeness (QED) is 0.728. The van der Waals surface area contributed by atoms with Gasteiger partial charge in [0.05, 0.1) is 6.54 Å². The summed E-state index contributed by atoms with van der Waals surface area (Å²) in [6.45, 7) is 6.26. The SMILES string of the molecule is CCCc1ccc(NC(=O)CN(CC)CCCO)cc1. The minimum Gasteiger partial charge on any atom is -0.396 e. The zero-order valence-electron chi connectivity index (χ0n) is 12.6. The number of nitrogens with zero attached hydrogens (tertiary/aromatic N) is 1. The predicted octanol–water partition coefficient (Wildman–Crippen LogP) is 2.28. The molecule has 0 aromatic heterocycles. The monoisotopic (exact) mass is 278 g/mol. The van der Waals surface area contributed by atoms with Crippen LogP contribution in [0, 0.1) is 0 Å². The van der Waals surface area contributed by atoms with Gasteiger partial charge < -0.3 is 10.4 Å². The first-order chi connectivity index (χ1) is 9.69. The average molecular weight is 278 g/mol. The molecule has 4 nitrogen and oxygen atoms in total. The summed E-state index contributed by atoms with van der Waals surface area (Å²) >= 11 is 0. The number of hydrogen-bond donors (Lipinski definition) is 2. The zero-order chi connectivity index (χ0) is 14.8. The standard InChI is InChI=1S/C16H26N2O2/c1-3-6-14-7-9-15(10-8-14)17-16(20)13-18(4-2)11-5-12-19/h7-10,19H,3-6,11-13H2,1-2H3,(H,17,20). The number of aliphatic hydroxyl groups is 1. The van der Waals surface area contributed by atoms with Crippen molar-refractivity contribution >= 4 is 11.6 Å². The maximum atomic E-state index is 11.9. The Labute approximate surface area is 121 Å². The summed E-state index contributed by atoms with van der Waals surface area (Å²) in [5.41, 5.74) is 2.14. The van der Waals surface area contributed by atoms with E-state index >= 15 is 0 Å². The van der Waals surface area contributed by atoms with Crippen molar-refractivity contribution in [2.45, 2.75) is 33.1 Å². The van der Waals surface area contributed by atoms with Crippen LogP contribution >= 0.6 is 0 Å². The summed E-state index contributed by atoms with van der Waals surface area (Å²) in [7, 11) is 0. The third kappa shape index (κ3) is 6.17. The van der Waals surface area contributed by atoms with Crippen molar-refractivity contribution < 1.29 is 9.90 Å². The van der Waals surface area contributed by atoms with Crippen LogP contribution in [0.5, 0.6) is 0 Å². The summed E-state index contributed by atoms with van der Waals surface area (Å²) in [4.78, 5) is 14.0. The van der Waals surface area contributed by atoms with Crippen molar-refractivity contribution in [2.24, 2.45) is 0 Å². The number of carbonyl (C=O) groups is 1. The molecule has 2 N–H and O–H groups in total. The fourth-order valence-corrected chi connectivity index (χ4v) is 2.09. The number of aliphatic hydroxyl groups excluding tert-OH is 1. The summed E-state index contributed by atoms with van der Waals surface area (Å²) in [5, 5.41) is 11.7. The molecule has 0 fully saturated rings. The Morgan fingerprint density at radius 1 is 1.25 bits per heavy atom. The lowest BCUT2D eigenvalue weighted by Crippen LogP contribution is -2.34. The van der Waals surface area contributed by atoms with E-state index in [1.54, 1.807) is 0 Å². The third-order valence-electron chi connectivity index (χ3n) is 3.22. The Morgan fingerprint density at radius 2 is 1.95 bits per heavy atom. The molecular weight excluding hydrogens is 252 g/mol. The molecule has 1 aromatic rings. The normalized spacial score (nSPS) is 10.8. The van der Waals surface area contributed by atoms with Crippen molar-refractivity contribution in [3.63, 3.8) is 0 Å². The van der Waals surface area contributed by atoms with Crippen LogP contribution in [0.15, 0.2) is 24.3 Å². The molecule has 4 heteroatoms. The second kappa shape index (κ2) is 9.50. The van der Waals surface area contributed by atoms with E-state index < -0.39 is 0 Å². The molecule has 0 aliphatic carbocycles. The third-order valence-corrected chi connectivity index (χ3v) is 3.22. The van der Waals surface area contributed by atoms with E-state index in [0.29, 0.717) is 13.0 Å². The summed E-state index contributed by atoms with van der Waals surface area (Å²) in [6.07, 6.45) is 2.90. The van der Waals surface area contributed by atoms with E-state index in [4.69, 9.17) is 5.11 Å². The fourth-order valence-electron chi connectivity index (χ4n) is 2.09. The van der Waals surface area contributed by atoms with Crippen molar-refractivity contribution in [2.75, 3.05) is 31.6 Å². The van der Waals surface area contributed by atoms with Crippen LogP contribution in [-0.2, 0) is 11.2 Å². The van der Waals surface area contributed by atoms with Gasteiger partial charge in [-0.05, 0) is 37.1 Å². The molecule has 0 aliphatic heterocycles. The molecule has 0 atom stereocenters. The molecule has 1 rings (SSSR count). The molecule has 0 saturated carbocycles. The van der Waals surface area contributed by atoms with Crippen LogP contribution in [0.25, 0.3) is 0 Å². The number of anilines is 1. The zero-order valence-corrected chi connectivity index (χ0v) is 12.6. The summed E-state index contributed by atoms with van der Waals surface area (Å²) in [5.74, 6) is -0.00645. The highest BCUT2D eigenvalue weighted by Gasteiger charge is 2.08. The van der Waals surface area contributed by atoms with Gasteiger partial charge in [0, 0.05) is 18.8 Å². The first-order valence-corrected chi connectivity index (χ1v) is 7.41. The smallest absolute Gasteiger partial charge is 0.238 e. The number of hydrogen-bond acceptors (Lipinski definition) is 3.